The highest BCUT2D eigenvalue weighted by Crippen LogP contribution is 2.13. The van der Waals surface area contributed by atoms with E-state index in [0.29, 0.717) is 38.6 Å². The lowest BCUT2D eigenvalue weighted by atomic mass is 9.94. The molecule has 0 rings (SSSR count). The first-order valence-corrected chi connectivity index (χ1v) is 7.23. The van der Waals surface area contributed by atoms with Gasteiger partial charge in [-0.1, -0.05) is 13.8 Å². The highest BCUT2D eigenvalue weighted by Gasteiger charge is 2.15. The first-order chi connectivity index (χ1) is 9.03. The summed E-state index contributed by atoms with van der Waals surface area (Å²) < 4.78 is 10.7. The molecule has 1 atom stereocenters. The molecule has 3 N–H and O–H groups in total. The molecule has 5 heteroatoms. The van der Waals surface area contributed by atoms with Crippen molar-refractivity contribution in [3.63, 3.8) is 0 Å². The van der Waals surface area contributed by atoms with Gasteiger partial charge in [-0.3, -0.25) is 4.79 Å². The van der Waals surface area contributed by atoms with Crippen molar-refractivity contribution in [3.05, 3.63) is 0 Å². The molecule has 114 valence electrons. The largest absolute Gasteiger partial charge is 0.351 e. The second-order valence-electron chi connectivity index (χ2n) is 5.08. The number of rotatable bonds is 11. The van der Waals surface area contributed by atoms with Gasteiger partial charge in [0.05, 0.1) is 6.54 Å². The van der Waals surface area contributed by atoms with Crippen molar-refractivity contribution in [1.29, 1.82) is 0 Å². The van der Waals surface area contributed by atoms with Crippen molar-refractivity contribution in [3.8, 4) is 0 Å². The summed E-state index contributed by atoms with van der Waals surface area (Å²) >= 11 is 0. The Morgan fingerprint density at radius 1 is 1.21 bits per heavy atom. The molecule has 0 saturated carbocycles. The van der Waals surface area contributed by atoms with Gasteiger partial charge in [-0.05, 0) is 38.6 Å². The summed E-state index contributed by atoms with van der Waals surface area (Å²) in [5.41, 5.74) is 5.69. The number of ether oxygens (including phenoxy) is 2. The SMILES string of the molecule is CCOC(CNC(=O)CC(CN)CC(C)C)OCC. The third-order valence-corrected chi connectivity index (χ3v) is 2.78. The first kappa shape index (κ1) is 18.4. The number of amides is 1. The fraction of sp³-hybridized carbons (Fsp3) is 0.929. The van der Waals surface area contributed by atoms with Crippen LogP contribution in [0.4, 0.5) is 0 Å². The maximum atomic E-state index is 11.8. The fourth-order valence-corrected chi connectivity index (χ4v) is 2.00. The number of nitrogens with two attached hydrogens (primary N) is 1. The third-order valence-electron chi connectivity index (χ3n) is 2.78. The van der Waals surface area contributed by atoms with E-state index in [4.69, 9.17) is 15.2 Å². The highest BCUT2D eigenvalue weighted by molar-refractivity contribution is 5.76. The summed E-state index contributed by atoms with van der Waals surface area (Å²) in [6, 6.07) is 0. The Balaban J connectivity index is 4.00. The van der Waals surface area contributed by atoms with E-state index in [9.17, 15) is 4.79 Å². The number of carbonyl (C=O) groups excluding carboxylic acids is 1. The average molecular weight is 274 g/mol. The Morgan fingerprint density at radius 2 is 1.79 bits per heavy atom. The van der Waals surface area contributed by atoms with Gasteiger partial charge in [0, 0.05) is 19.6 Å². The van der Waals surface area contributed by atoms with Crippen molar-refractivity contribution in [2.45, 2.75) is 46.8 Å². The molecule has 0 heterocycles. The van der Waals surface area contributed by atoms with Gasteiger partial charge < -0.3 is 20.5 Å². The van der Waals surface area contributed by atoms with Crippen LogP contribution in [-0.2, 0) is 14.3 Å². The molecule has 0 spiro atoms. The summed E-state index contributed by atoms with van der Waals surface area (Å²) in [4.78, 5) is 11.8. The average Bonchev–Trinajstić information content (AvgIpc) is 2.35. The summed E-state index contributed by atoms with van der Waals surface area (Å²) in [6.07, 6.45) is 1.09. The standard InChI is InChI=1S/C14H30N2O3/c1-5-18-14(19-6-2)10-16-13(17)8-12(9-15)7-11(3)4/h11-12,14H,5-10,15H2,1-4H3,(H,16,17). The molecule has 0 aliphatic heterocycles. The molecule has 0 fully saturated rings. The molecule has 19 heavy (non-hydrogen) atoms. The number of carbonyl (C=O) groups is 1. The van der Waals surface area contributed by atoms with E-state index in [2.05, 4.69) is 19.2 Å². The molecule has 0 aromatic heterocycles. The molecule has 0 aliphatic carbocycles. The van der Waals surface area contributed by atoms with Crippen molar-refractivity contribution in [1.82, 2.24) is 5.32 Å². The molecule has 5 nitrogen and oxygen atoms in total. The van der Waals surface area contributed by atoms with Crippen molar-refractivity contribution < 1.29 is 14.3 Å². The zero-order valence-electron chi connectivity index (χ0n) is 12.8. The number of hydrogen-bond donors (Lipinski definition) is 2. The second kappa shape index (κ2) is 11.2. The van der Waals surface area contributed by atoms with Gasteiger partial charge >= 0.3 is 0 Å². The summed E-state index contributed by atoms with van der Waals surface area (Å²) in [7, 11) is 0. The van der Waals surface area contributed by atoms with Gasteiger partial charge in [0.1, 0.15) is 0 Å². The molecule has 0 saturated heterocycles. The number of nitrogens with one attached hydrogen (secondary N) is 1. The zero-order chi connectivity index (χ0) is 14.7. The molecule has 0 bridgehead atoms. The Labute approximate surface area is 117 Å². The summed E-state index contributed by atoms with van der Waals surface area (Å²) in [6.45, 7) is 10.2. The van der Waals surface area contributed by atoms with Crippen LogP contribution in [0.2, 0.25) is 0 Å². The molecule has 0 radical (unpaired) electrons. The fourth-order valence-electron chi connectivity index (χ4n) is 2.00. The van der Waals surface area contributed by atoms with E-state index in [0.717, 1.165) is 6.42 Å². The van der Waals surface area contributed by atoms with Crippen LogP contribution < -0.4 is 11.1 Å². The van der Waals surface area contributed by atoms with Crippen LogP contribution in [0.5, 0.6) is 0 Å². The number of hydrogen-bond acceptors (Lipinski definition) is 4. The van der Waals surface area contributed by atoms with Gasteiger partial charge in [-0.2, -0.15) is 0 Å². The topological polar surface area (TPSA) is 73.6 Å². The normalized spacial score (nSPS) is 13.0. The Hall–Kier alpha value is -0.650. The quantitative estimate of drug-likeness (QED) is 0.560. The summed E-state index contributed by atoms with van der Waals surface area (Å²) in [5, 5.41) is 2.85. The highest BCUT2D eigenvalue weighted by atomic mass is 16.7. The maximum absolute atomic E-state index is 11.8. The smallest absolute Gasteiger partial charge is 0.220 e. The second-order valence-corrected chi connectivity index (χ2v) is 5.08. The lowest BCUT2D eigenvalue weighted by molar-refractivity contribution is -0.140. The van der Waals surface area contributed by atoms with Gasteiger partial charge in [0.2, 0.25) is 5.91 Å². The Morgan fingerprint density at radius 3 is 2.21 bits per heavy atom. The molecule has 0 aliphatic rings. The van der Waals surface area contributed by atoms with Crippen molar-refractivity contribution in [2.75, 3.05) is 26.3 Å². The van der Waals surface area contributed by atoms with E-state index in [1.165, 1.54) is 0 Å². The Kier molecular flexibility index (Phi) is 10.8. The predicted octanol–water partition coefficient (Wildman–Crippen LogP) is 1.51. The molecule has 1 unspecified atom stereocenters. The van der Waals surface area contributed by atoms with Crippen LogP contribution in [0, 0.1) is 11.8 Å². The van der Waals surface area contributed by atoms with Crippen LogP contribution in [0.3, 0.4) is 0 Å². The molecule has 0 aromatic carbocycles. The molecular weight excluding hydrogens is 244 g/mol. The lowest BCUT2D eigenvalue weighted by Crippen LogP contribution is -2.37. The minimum absolute atomic E-state index is 0.0144. The molecule has 0 aromatic rings. The van der Waals surface area contributed by atoms with Gasteiger partial charge in [0.15, 0.2) is 6.29 Å². The van der Waals surface area contributed by atoms with E-state index >= 15 is 0 Å². The maximum Gasteiger partial charge on any atom is 0.220 e. The van der Waals surface area contributed by atoms with E-state index in [-0.39, 0.29) is 18.1 Å². The lowest BCUT2D eigenvalue weighted by Gasteiger charge is -2.19. The first-order valence-electron chi connectivity index (χ1n) is 7.23. The van der Waals surface area contributed by atoms with Gasteiger partial charge in [-0.25, -0.2) is 0 Å². The van der Waals surface area contributed by atoms with Gasteiger partial charge in [0.25, 0.3) is 0 Å². The minimum atomic E-state index is -0.361. The third kappa shape index (κ3) is 9.87. The Bertz CT molecular complexity index is 229. The van der Waals surface area contributed by atoms with E-state index in [1.54, 1.807) is 0 Å². The van der Waals surface area contributed by atoms with Crippen molar-refractivity contribution in [2.24, 2.45) is 17.6 Å². The molecular formula is C14H30N2O3. The summed E-state index contributed by atoms with van der Waals surface area (Å²) in [5.74, 6) is 0.819. The van der Waals surface area contributed by atoms with Crippen LogP contribution >= 0.6 is 0 Å². The monoisotopic (exact) mass is 274 g/mol. The van der Waals surface area contributed by atoms with Crippen LogP contribution in [-0.4, -0.2) is 38.5 Å². The van der Waals surface area contributed by atoms with E-state index in [1.807, 2.05) is 13.8 Å². The van der Waals surface area contributed by atoms with E-state index < -0.39 is 0 Å². The van der Waals surface area contributed by atoms with Gasteiger partial charge in [-0.15, -0.1) is 0 Å². The van der Waals surface area contributed by atoms with Crippen LogP contribution in [0.15, 0.2) is 0 Å². The predicted molar refractivity (Wildman–Crippen MR) is 76.7 cm³/mol. The van der Waals surface area contributed by atoms with Crippen LogP contribution in [0.25, 0.3) is 0 Å². The zero-order valence-corrected chi connectivity index (χ0v) is 12.8. The molecule has 1 amide bonds. The minimum Gasteiger partial charge on any atom is -0.351 e. The van der Waals surface area contributed by atoms with Crippen LogP contribution in [0.1, 0.15) is 40.5 Å². The van der Waals surface area contributed by atoms with Crippen molar-refractivity contribution >= 4 is 5.91 Å².